The molecule has 41 heavy (non-hydrogen) atoms. The third kappa shape index (κ3) is 3.65. The minimum atomic E-state index is -0.803. The van der Waals surface area contributed by atoms with E-state index in [-0.39, 0.29) is 51.8 Å². The number of carbonyl (C=O) groups excluding carboxylic acids is 1. The Morgan fingerprint density at radius 3 is 2.46 bits per heavy atom. The summed E-state index contributed by atoms with van der Waals surface area (Å²) in [5.41, 5.74) is -0.107. The van der Waals surface area contributed by atoms with Crippen molar-refractivity contribution < 1.29 is 19.5 Å². The largest absolute Gasteiger partial charge is 0.396 e. The van der Waals surface area contributed by atoms with Gasteiger partial charge in [-0.05, 0) is 84.5 Å². The molecule has 7 heteroatoms. The molecule has 0 saturated heterocycles. The first-order chi connectivity index (χ1) is 19.1. The molecular formula is C34H47N3O4. The highest BCUT2D eigenvalue weighted by Gasteiger charge is 2.70. The van der Waals surface area contributed by atoms with E-state index in [9.17, 15) is 20.3 Å². The lowest BCUT2D eigenvalue weighted by Crippen LogP contribution is -2.65. The fourth-order valence-corrected chi connectivity index (χ4v) is 10.8. The first-order valence-corrected chi connectivity index (χ1v) is 15.6. The van der Waals surface area contributed by atoms with Crippen LogP contribution in [0.5, 0.6) is 0 Å². The summed E-state index contributed by atoms with van der Waals surface area (Å²) in [6.07, 6.45) is 10.1. The molecule has 0 aliphatic heterocycles. The first-order valence-electron chi connectivity index (χ1n) is 15.6. The van der Waals surface area contributed by atoms with Crippen LogP contribution in [0, 0.1) is 56.2 Å². The molecule has 3 saturated carbocycles. The molecule has 1 unspecified atom stereocenters. The lowest BCUT2D eigenvalue weighted by atomic mass is 9.34. The van der Waals surface area contributed by atoms with Gasteiger partial charge < -0.3 is 14.7 Å². The van der Waals surface area contributed by atoms with E-state index in [1.807, 2.05) is 12.2 Å². The van der Waals surface area contributed by atoms with Crippen LogP contribution in [-0.2, 0) is 16.6 Å². The maximum atomic E-state index is 14.7. The number of ketones is 1. The number of hydrogen-bond donors (Lipinski definition) is 2. The molecule has 1 heterocycles. The Bertz CT molecular complexity index is 1380. The van der Waals surface area contributed by atoms with Gasteiger partial charge in [0.2, 0.25) is 5.89 Å². The molecule has 5 aliphatic rings. The smallest absolute Gasteiger partial charge is 0.233 e. The Kier molecular flexibility index (Phi) is 6.22. The van der Waals surface area contributed by atoms with Gasteiger partial charge in [-0.3, -0.25) is 4.79 Å². The van der Waals surface area contributed by atoms with Crippen molar-refractivity contribution in [2.45, 2.75) is 111 Å². The van der Waals surface area contributed by atoms with Crippen molar-refractivity contribution in [2.75, 3.05) is 6.61 Å². The van der Waals surface area contributed by atoms with Crippen molar-refractivity contribution in [3.8, 4) is 6.07 Å². The number of fused-ring (bicyclic) bond motifs is 7. The van der Waals surface area contributed by atoms with Gasteiger partial charge in [0.25, 0.3) is 0 Å². The van der Waals surface area contributed by atoms with E-state index in [1.165, 1.54) is 0 Å². The molecule has 0 bridgehead atoms. The van der Waals surface area contributed by atoms with E-state index in [0.29, 0.717) is 23.7 Å². The average Bonchev–Trinajstić information content (AvgIpc) is 3.37. The SMILES string of the molecule is CC1(C)CC[C@]2(c3nc(CCO)no3)CC[C@]3(C)[C@H](C(=O)C=C4[C@@]5(C)C=C(C#N)C(O)C(C)(C)[C@@H]5CC[C@]43C)[C@@H]2C1. The number of nitrogens with zero attached hydrogens (tertiary/aromatic N) is 3. The summed E-state index contributed by atoms with van der Waals surface area (Å²) in [4.78, 5) is 19.5. The lowest BCUT2D eigenvalue weighted by molar-refractivity contribution is -0.162. The quantitative estimate of drug-likeness (QED) is 0.474. The summed E-state index contributed by atoms with van der Waals surface area (Å²) in [6.45, 7) is 15.7. The Labute approximate surface area is 244 Å². The van der Waals surface area contributed by atoms with Gasteiger partial charge in [0.15, 0.2) is 11.6 Å². The summed E-state index contributed by atoms with van der Waals surface area (Å²) in [5, 5.41) is 34.8. The predicted molar refractivity (Wildman–Crippen MR) is 154 cm³/mol. The summed E-state index contributed by atoms with van der Waals surface area (Å²) < 4.78 is 5.95. The molecule has 0 radical (unpaired) electrons. The van der Waals surface area contributed by atoms with Crippen molar-refractivity contribution in [3.63, 3.8) is 0 Å². The number of carbonyl (C=O) groups is 1. The third-order valence-corrected chi connectivity index (χ3v) is 13.3. The molecule has 8 atom stereocenters. The van der Waals surface area contributed by atoms with E-state index in [1.54, 1.807) is 0 Å². The Hall–Kier alpha value is -2.30. The van der Waals surface area contributed by atoms with Gasteiger partial charge in [0, 0.05) is 17.8 Å². The lowest BCUT2D eigenvalue weighted by Gasteiger charge is -2.69. The van der Waals surface area contributed by atoms with E-state index >= 15 is 0 Å². The molecule has 2 N–H and O–H groups in total. The Morgan fingerprint density at radius 1 is 1.07 bits per heavy atom. The zero-order valence-corrected chi connectivity index (χ0v) is 25.9. The molecule has 0 amide bonds. The van der Waals surface area contributed by atoms with Crippen LogP contribution in [0.2, 0.25) is 0 Å². The number of hydrogen-bond acceptors (Lipinski definition) is 7. The topological polar surface area (TPSA) is 120 Å². The second-order valence-corrected chi connectivity index (χ2v) is 16.1. The third-order valence-electron chi connectivity index (χ3n) is 13.3. The second-order valence-electron chi connectivity index (χ2n) is 16.1. The van der Waals surface area contributed by atoms with E-state index in [0.717, 1.165) is 50.5 Å². The Balaban J connectivity index is 1.51. The molecule has 222 valence electrons. The van der Waals surface area contributed by atoms with Gasteiger partial charge in [0.1, 0.15) is 0 Å². The number of aliphatic hydroxyl groups excluding tert-OH is 2. The molecule has 6 rings (SSSR count). The number of aromatic nitrogens is 2. The molecule has 5 aliphatic carbocycles. The minimum absolute atomic E-state index is 0.0247. The van der Waals surface area contributed by atoms with Crippen LogP contribution >= 0.6 is 0 Å². The molecule has 1 aromatic rings. The van der Waals surface area contributed by atoms with Gasteiger partial charge >= 0.3 is 0 Å². The zero-order valence-electron chi connectivity index (χ0n) is 25.9. The van der Waals surface area contributed by atoms with Crippen molar-refractivity contribution in [3.05, 3.63) is 35.0 Å². The molecule has 7 nitrogen and oxygen atoms in total. The molecular weight excluding hydrogens is 514 g/mol. The van der Waals surface area contributed by atoms with Crippen LogP contribution in [0.25, 0.3) is 0 Å². The molecule has 1 aromatic heterocycles. The van der Waals surface area contributed by atoms with Gasteiger partial charge in [-0.2, -0.15) is 10.2 Å². The van der Waals surface area contributed by atoms with Crippen LogP contribution in [0.3, 0.4) is 0 Å². The summed E-state index contributed by atoms with van der Waals surface area (Å²) >= 11 is 0. The summed E-state index contributed by atoms with van der Waals surface area (Å²) in [5.74, 6) is 1.42. The standard InChI is InChI=1S/C34H47N3O4/c1-29(2)11-13-34(28-36-25(9-15-38)37-41-28)14-12-33(7)26(21(34)18-29)22(39)16-24-31(5)17-20(19-35)27(40)30(3,4)23(31)8-10-32(24,33)6/h16-17,21,23,26-27,38,40H,8-15,18H2,1-7H3/t21-,23-,26-,27?,31-,32+,33+,34-/m0/s1. The number of allylic oxidation sites excluding steroid dienone is 3. The van der Waals surface area contributed by atoms with Crippen LogP contribution in [0.4, 0.5) is 0 Å². The fourth-order valence-electron chi connectivity index (χ4n) is 10.8. The number of nitriles is 1. The highest BCUT2D eigenvalue weighted by Crippen LogP contribution is 2.74. The van der Waals surface area contributed by atoms with Crippen molar-refractivity contribution in [2.24, 2.45) is 44.8 Å². The first kappa shape index (κ1) is 28.8. The van der Waals surface area contributed by atoms with Crippen molar-refractivity contribution in [1.82, 2.24) is 10.1 Å². The maximum Gasteiger partial charge on any atom is 0.233 e. The average molecular weight is 562 g/mol. The number of rotatable bonds is 3. The molecule has 3 fully saturated rings. The Morgan fingerprint density at radius 2 is 1.78 bits per heavy atom. The van der Waals surface area contributed by atoms with Gasteiger partial charge in [0.05, 0.1) is 29.8 Å². The highest BCUT2D eigenvalue weighted by molar-refractivity contribution is 5.95. The predicted octanol–water partition coefficient (Wildman–Crippen LogP) is 5.87. The van der Waals surface area contributed by atoms with E-state index < -0.39 is 16.9 Å². The van der Waals surface area contributed by atoms with Gasteiger partial charge in [-0.25, -0.2) is 0 Å². The minimum Gasteiger partial charge on any atom is -0.396 e. The van der Waals surface area contributed by atoms with Crippen LogP contribution in [-0.4, -0.2) is 38.8 Å². The number of aliphatic hydroxyl groups is 2. The summed E-state index contributed by atoms with van der Waals surface area (Å²) in [7, 11) is 0. The van der Waals surface area contributed by atoms with Gasteiger partial charge in [-0.1, -0.05) is 65.3 Å². The zero-order chi connectivity index (χ0) is 29.8. The van der Waals surface area contributed by atoms with E-state index in [4.69, 9.17) is 9.51 Å². The van der Waals surface area contributed by atoms with Crippen molar-refractivity contribution in [1.29, 1.82) is 5.26 Å². The second kappa shape index (κ2) is 8.86. The van der Waals surface area contributed by atoms with Crippen LogP contribution in [0.15, 0.2) is 27.8 Å². The maximum absolute atomic E-state index is 14.7. The monoisotopic (exact) mass is 561 g/mol. The van der Waals surface area contributed by atoms with Crippen molar-refractivity contribution >= 4 is 5.78 Å². The van der Waals surface area contributed by atoms with Crippen LogP contribution < -0.4 is 0 Å². The molecule has 0 aromatic carbocycles. The highest BCUT2D eigenvalue weighted by atomic mass is 16.5. The fraction of sp³-hybridized carbons (Fsp3) is 0.765. The van der Waals surface area contributed by atoms with Crippen LogP contribution in [0.1, 0.15) is 105 Å². The van der Waals surface area contributed by atoms with Gasteiger partial charge in [-0.15, -0.1) is 0 Å². The summed E-state index contributed by atoms with van der Waals surface area (Å²) in [6, 6.07) is 2.29. The normalized spacial score (nSPS) is 44.3. The van der Waals surface area contributed by atoms with E-state index in [2.05, 4.69) is 59.7 Å². The molecule has 0 spiro atoms.